The highest BCUT2D eigenvalue weighted by molar-refractivity contribution is 8.01. The molecule has 2 aromatic heterocycles. The molecule has 2 heterocycles. The van der Waals surface area contributed by atoms with Gasteiger partial charge in [-0.2, -0.15) is 0 Å². The molecule has 7 heteroatoms. The van der Waals surface area contributed by atoms with E-state index < -0.39 is 0 Å². The molecule has 0 aliphatic heterocycles. The van der Waals surface area contributed by atoms with Crippen LogP contribution in [0.25, 0.3) is 0 Å². The molecule has 0 bridgehead atoms. The molecule has 136 valence electrons. The summed E-state index contributed by atoms with van der Waals surface area (Å²) in [6.07, 6.45) is 5.56. The zero-order chi connectivity index (χ0) is 18.4. The minimum absolute atomic E-state index is 0.0203. The zero-order valence-electron chi connectivity index (χ0n) is 14.8. The number of hydrogen-bond acceptors (Lipinski definition) is 6. The number of thiazole rings is 1. The predicted octanol–water partition coefficient (Wildman–Crippen LogP) is 5.12. The van der Waals surface area contributed by atoms with E-state index in [1.54, 1.807) is 24.2 Å². The van der Waals surface area contributed by atoms with Gasteiger partial charge < -0.3 is 9.73 Å². The zero-order valence-corrected chi connectivity index (χ0v) is 16.4. The minimum Gasteiger partial charge on any atom is -0.445 e. The molecule has 3 aromatic rings. The molecule has 0 saturated heterocycles. The quantitative estimate of drug-likeness (QED) is 0.544. The summed E-state index contributed by atoms with van der Waals surface area (Å²) in [6.45, 7) is 4.09. The summed E-state index contributed by atoms with van der Waals surface area (Å²) in [5.74, 6) is 1.59. The van der Waals surface area contributed by atoms with Crippen LogP contribution in [-0.2, 0) is 17.6 Å². The first kappa shape index (κ1) is 18.7. The van der Waals surface area contributed by atoms with Crippen molar-refractivity contribution in [3.05, 3.63) is 59.9 Å². The fourth-order valence-electron chi connectivity index (χ4n) is 2.35. The molecule has 1 unspecified atom stereocenters. The number of carbonyl (C=O) groups is 1. The van der Waals surface area contributed by atoms with Crippen LogP contribution in [0.5, 0.6) is 0 Å². The van der Waals surface area contributed by atoms with Crippen LogP contribution >= 0.6 is 23.1 Å². The third kappa shape index (κ3) is 5.19. The Kier molecular flexibility index (Phi) is 6.46. The number of nitrogens with one attached hydrogen (secondary N) is 1. The average Bonchev–Trinajstić information content (AvgIpc) is 3.30. The second-order valence-corrected chi connectivity index (χ2v) is 8.47. The number of nitrogens with zero attached hydrogens (tertiary/aromatic N) is 2. The Hall–Kier alpha value is -2.12. The van der Waals surface area contributed by atoms with Crippen LogP contribution in [0.3, 0.4) is 0 Å². The SMILES string of the molecule is CCc1cnc(C(C)Sc2cnc(NC(=O)CCc3ccccc3)s2)o1. The summed E-state index contributed by atoms with van der Waals surface area (Å²) >= 11 is 3.10. The molecule has 1 atom stereocenters. The Balaban J connectivity index is 1.50. The normalized spacial score (nSPS) is 12.1. The lowest BCUT2D eigenvalue weighted by Crippen LogP contribution is -2.11. The van der Waals surface area contributed by atoms with Gasteiger partial charge in [-0.3, -0.25) is 4.79 Å². The Bertz CT molecular complexity index is 845. The van der Waals surface area contributed by atoms with E-state index in [0.29, 0.717) is 17.4 Å². The van der Waals surface area contributed by atoms with Gasteiger partial charge in [-0.25, -0.2) is 9.97 Å². The molecular weight excluding hydrogens is 366 g/mol. The summed E-state index contributed by atoms with van der Waals surface area (Å²) in [6, 6.07) is 9.99. The van der Waals surface area contributed by atoms with Crippen molar-refractivity contribution in [3.63, 3.8) is 0 Å². The van der Waals surface area contributed by atoms with E-state index in [4.69, 9.17) is 4.42 Å². The topological polar surface area (TPSA) is 68.0 Å². The van der Waals surface area contributed by atoms with Crippen molar-refractivity contribution in [3.8, 4) is 0 Å². The minimum atomic E-state index is -0.0203. The number of anilines is 1. The molecule has 0 spiro atoms. The lowest BCUT2D eigenvalue weighted by atomic mass is 10.1. The number of amides is 1. The van der Waals surface area contributed by atoms with E-state index in [1.807, 2.05) is 44.2 Å². The highest BCUT2D eigenvalue weighted by Crippen LogP contribution is 2.38. The monoisotopic (exact) mass is 387 g/mol. The average molecular weight is 388 g/mol. The van der Waals surface area contributed by atoms with Crippen molar-refractivity contribution in [2.45, 2.75) is 42.6 Å². The van der Waals surface area contributed by atoms with Crippen LogP contribution in [-0.4, -0.2) is 15.9 Å². The first-order valence-electron chi connectivity index (χ1n) is 8.55. The number of aromatic nitrogens is 2. The van der Waals surface area contributed by atoms with E-state index >= 15 is 0 Å². The third-order valence-electron chi connectivity index (χ3n) is 3.77. The molecule has 0 radical (unpaired) electrons. The summed E-state index contributed by atoms with van der Waals surface area (Å²) < 4.78 is 6.72. The maximum atomic E-state index is 12.1. The molecule has 0 aliphatic carbocycles. The van der Waals surface area contributed by atoms with Gasteiger partial charge in [0.05, 0.1) is 21.9 Å². The lowest BCUT2D eigenvalue weighted by Gasteiger charge is -2.04. The predicted molar refractivity (Wildman–Crippen MR) is 106 cm³/mol. The fraction of sp³-hybridized carbons (Fsp3) is 0.316. The molecule has 5 nitrogen and oxygen atoms in total. The summed E-state index contributed by atoms with van der Waals surface area (Å²) in [5.41, 5.74) is 1.16. The molecule has 1 N–H and O–H groups in total. The van der Waals surface area contributed by atoms with Crippen molar-refractivity contribution in [1.29, 1.82) is 0 Å². The van der Waals surface area contributed by atoms with Crippen molar-refractivity contribution in [1.82, 2.24) is 9.97 Å². The van der Waals surface area contributed by atoms with Crippen LogP contribution in [0.4, 0.5) is 5.13 Å². The number of aryl methyl sites for hydroxylation is 2. The van der Waals surface area contributed by atoms with E-state index in [2.05, 4.69) is 15.3 Å². The molecule has 0 aliphatic rings. The Morgan fingerprint density at radius 3 is 2.81 bits per heavy atom. The largest absolute Gasteiger partial charge is 0.445 e. The van der Waals surface area contributed by atoms with Gasteiger partial charge in [0, 0.05) is 12.8 Å². The maximum Gasteiger partial charge on any atom is 0.226 e. The number of rotatable bonds is 8. The number of oxazole rings is 1. The molecule has 0 fully saturated rings. The van der Waals surface area contributed by atoms with Gasteiger partial charge in [0.15, 0.2) is 5.13 Å². The van der Waals surface area contributed by atoms with Crippen LogP contribution in [0.1, 0.15) is 42.7 Å². The Morgan fingerprint density at radius 2 is 2.08 bits per heavy atom. The smallest absolute Gasteiger partial charge is 0.226 e. The van der Waals surface area contributed by atoms with Crippen molar-refractivity contribution >= 4 is 34.1 Å². The second kappa shape index (κ2) is 9.00. The highest BCUT2D eigenvalue weighted by atomic mass is 32.2. The molecule has 0 saturated carbocycles. The molecule has 26 heavy (non-hydrogen) atoms. The Labute approximate surface area is 161 Å². The first-order valence-corrected chi connectivity index (χ1v) is 10.2. The third-order valence-corrected chi connectivity index (χ3v) is 5.91. The second-order valence-electron chi connectivity index (χ2n) is 5.80. The van der Waals surface area contributed by atoms with Gasteiger partial charge in [-0.1, -0.05) is 48.6 Å². The van der Waals surface area contributed by atoms with Gasteiger partial charge in [0.25, 0.3) is 0 Å². The van der Waals surface area contributed by atoms with E-state index in [9.17, 15) is 4.79 Å². The number of hydrogen-bond donors (Lipinski definition) is 1. The van der Waals surface area contributed by atoms with Crippen LogP contribution < -0.4 is 5.32 Å². The molecular formula is C19H21N3O2S2. The van der Waals surface area contributed by atoms with Gasteiger partial charge in [0.1, 0.15) is 5.76 Å². The van der Waals surface area contributed by atoms with Crippen LogP contribution in [0, 0.1) is 0 Å². The first-order chi connectivity index (χ1) is 12.6. The molecule has 3 rings (SSSR count). The van der Waals surface area contributed by atoms with Gasteiger partial charge in [-0.15, -0.1) is 11.8 Å². The maximum absolute atomic E-state index is 12.1. The van der Waals surface area contributed by atoms with Crippen LogP contribution in [0.2, 0.25) is 0 Å². The van der Waals surface area contributed by atoms with Gasteiger partial charge >= 0.3 is 0 Å². The standard InChI is InChI=1S/C19H21N3O2S2/c1-3-15-11-20-18(24-15)13(2)25-17-12-21-19(26-17)22-16(23)10-9-14-7-5-4-6-8-14/h4-8,11-13H,3,9-10H2,1-2H3,(H,21,22,23). The summed E-state index contributed by atoms with van der Waals surface area (Å²) in [4.78, 5) is 20.7. The number of carbonyl (C=O) groups excluding carboxylic acids is 1. The lowest BCUT2D eigenvalue weighted by molar-refractivity contribution is -0.116. The molecule has 1 amide bonds. The van der Waals surface area contributed by atoms with Crippen molar-refractivity contribution in [2.24, 2.45) is 0 Å². The van der Waals surface area contributed by atoms with E-state index in [-0.39, 0.29) is 11.2 Å². The summed E-state index contributed by atoms with van der Waals surface area (Å²) in [5, 5.41) is 3.59. The molecule has 1 aromatic carbocycles. The van der Waals surface area contributed by atoms with Crippen molar-refractivity contribution in [2.75, 3.05) is 5.32 Å². The van der Waals surface area contributed by atoms with Gasteiger partial charge in [-0.05, 0) is 18.9 Å². The number of benzene rings is 1. The Morgan fingerprint density at radius 1 is 1.27 bits per heavy atom. The van der Waals surface area contributed by atoms with E-state index in [1.165, 1.54) is 11.3 Å². The highest BCUT2D eigenvalue weighted by Gasteiger charge is 2.16. The van der Waals surface area contributed by atoms with Gasteiger partial charge in [0.2, 0.25) is 11.8 Å². The van der Waals surface area contributed by atoms with Crippen molar-refractivity contribution < 1.29 is 9.21 Å². The fourth-order valence-corrected chi connectivity index (χ4v) is 4.45. The van der Waals surface area contributed by atoms with E-state index in [0.717, 1.165) is 28.4 Å². The number of thioether (sulfide) groups is 1. The van der Waals surface area contributed by atoms with Crippen LogP contribution in [0.15, 0.2) is 51.4 Å². The summed E-state index contributed by atoms with van der Waals surface area (Å²) in [7, 11) is 0.